The Hall–Kier alpha value is 0.210. The SMILES string of the molecule is CC[NH+](C)CCN(C)C.[Cl-]. The van der Waals surface area contributed by atoms with Crippen LogP contribution in [-0.4, -0.2) is 45.7 Å². The van der Waals surface area contributed by atoms with Crippen molar-refractivity contribution in [2.45, 2.75) is 6.92 Å². The summed E-state index contributed by atoms with van der Waals surface area (Å²) < 4.78 is 0. The number of hydrogen-bond acceptors (Lipinski definition) is 1. The van der Waals surface area contributed by atoms with Gasteiger partial charge in [-0.05, 0) is 21.0 Å². The first-order valence-corrected chi connectivity index (χ1v) is 3.62. The van der Waals surface area contributed by atoms with Gasteiger partial charge in [0.2, 0.25) is 0 Å². The van der Waals surface area contributed by atoms with E-state index < -0.39 is 0 Å². The molecule has 2 nitrogen and oxygen atoms in total. The Labute approximate surface area is 70.6 Å². The van der Waals surface area contributed by atoms with Crippen LogP contribution in [0.3, 0.4) is 0 Å². The van der Waals surface area contributed by atoms with E-state index in [1.54, 1.807) is 4.90 Å². The molecule has 0 aromatic rings. The Morgan fingerprint density at radius 2 is 1.80 bits per heavy atom. The number of halogens is 1. The molecule has 0 aromatic carbocycles. The van der Waals surface area contributed by atoms with E-state index in [9.17, 15) is 0 Å². The summed E-state index contributed by atoms with van der Waals surface area (Å²) in [5.74, 6) is 0. The van der Waals surface area contributed by atoms with Crippen LogP contribution >= 0.6 is 0 Å². The molecule has 64 valence electrons. The zero-order chi connectivity index (χ0) is 7.28. The van der Waals surface area contributed by atoms with Gasteiger partial charge in [-0.25, -0.2) is 0 Å². The summed E-state index contributed by atoms with van der Waals surface area (Å²) in [5, 5.41) is 0. The smallest absolute Gasteiger partial charge is 0.0897 e. The molecule has 0 aliphatic rings. The van der Waals surface area contributed by atoms with Gasteiger partial charge in [0.25, 0.3) is 0 Å². The first-order chi connectivity index (χ1) is 4.16. The molecule has 0 aromatic heterocycles. The third-order valence-electron chi connectivity index (χ3n) is 1.59. The van der Waals surface area contributed by atoms with Crippen LogP contribution < -0.4 is 17.3 Å². The second kappa shape index (κ2) is 7.32. The number of quaternary nitrogens is 1. The summed E-state index contributed by atoms with van der Waals surface area (Å²) in [6.45, 7) is 5.89. The van der Waals surface area contributed by atoms with Crippen molar-refractivity contribution in [3.05, 3.63) is 0 Å². The fourth-order valence-corrected chi connectivity index (χ4v) is 0.591. The molecule has 0 spiro atoms. The number of nitrogens with one attached hydrogen (secondary N) is 1. The first kappa shape index (κ1) is 12.8. The molecule has 0 amide bonds. The number of nitrogens with zero attached hydrogens (tertiary/aromatic N) is 1. The van der Waals surface area contributed by atoms with Crippen LogP contribution in [0.4, 0.5) is 0 Å². The summed E-state index contributed by atoms with van der Waals surface area (Å²) in [4.78, 5) is 3.82. The van der Waals surface area contributed by atoms with Crippen molar-refractivity contribution >= 4 is 0 Å². The fraction of sp³-hybridized carbons (Fsp3) is 1.00. The highest BCUT2D eigenvalue weighted by Gasteiger charge is 1.96. The maximum Gasteiger partial charge on any atom is 0.0897 e. The normalized spacial score (nSPS) is 12.9. The van der Waals surface area contributed by atoms with Crippen LogP contribution in [0, 0.1) is 0 Å². The van der Waals surface area contributed by atoms with Crippen LogP contribution in [0.5, 0.6) is 0 Å². The second-order valence-electron chi connectivity index (χ2n) is 2.86. The van der Waals surface area contributed by atoms with Crippen molar-refractivity contribution in [2.75, 3.05) is 40.8 Å². The standard InChI is InChI=1S/C7H18N2.ClH/c1-5-9(4)7-6-8(2)3;/h5-7H2,1-4H3;1H. The van der Waals surface area contributed by atoms with E-state index in [2.05, 4.69) is 33.0 Å². The maximum absolute atomic E-state index is 2.23. The number of hydrogen-bond donors (Lipinski definition) is 1. The lowest BCUT2D eigenvalue weighted by Crippen LogP contribution is -3.09. The van der Waals surface area contributed by atoms with Crippen molar-refractivity contribution < 1.29 is 17.3 Å². The average molecular weight is 167 g/mol. The van der Waals surface area contributed by atoms with Gasteiger partial charge in [-0.15, -0.1) is 0 Å². The van der Waals surface area contributed by atoms with Crippen LogP contribution in [0.2, 0.25) is 0 Å². The summed E-state index contributed by atoms with van der Waals surface area (Å²) in [6.07, 6.45) is 0. The minimum atomic E-state index is 0. The lowest BCUT2D eigenvalue weighted by atomic mass is 10.5. The van der Waals surface area contributed by atoms with E-state index >= 15 is 0 Å². The van der Waals surface area contributed by atoms with E-state index in [4.69, 9.17) is 0 Å². The maximum atomic E-state index is 2.23. The van der Waals surface area contributed by atoms with Crippen molar-refractivity contribution in [1.82, 2.24) is 4.90 Å². The van der Waals surface area contributed by atoms with E-state index in [-0.39, 0.29) is 12.4 Å². The molecule has 0 aliphatic heterocycles. The molecule has 10 heavy (non-hydrogen) atoms. The molecule has 0 aliphatic carbocycles. The summed E-state index contributed by atoms with van der Waals surface area (Å²) >= 11 is 0. The summed E-state index contributed by atoms with van der Waals surface area (Å²) in [5.41, 5.74) is 0. The molecule has 1 unspecified atom stereocenters. The van der Waals surface area contributed by atoms with Gasteiger partial charge in [-0.2, -0.15) is 0 Å². The second-order valence-corrected chi connectivity index (χ2v) is 2.86. The van der Waals surface area contributed by atoms with Crippen molar-refractivity contribution in [1.29, 1.82) is 0 Å². The molecule has 1 N–H and O–H groups in total. The van der Waals surface area contributed by atoms with Gasteiger partial charge in [0.05, 0.1) is 20.1 Å². The van der Waals surface area contributed by atoms with Crippen molar-refractivity contribution in [2.24, 2.45) is 0 Å². The minimum absolute atomic E-state index is 0. The van der Waals surface area contributed by atoms with Gasteiger partial charge >= 0.3 is 0 Å². The predicted molar refractivity (Wildman–Crippen MR) is 40.8 cm³/mol. The monoisotopic (exact) mass is 166 g/mol. The van der Waals surface area contributed by atoms with E-state index in [1.807, 2.05) is 0 Å². The Kier molecular flexibility index (Phi) is 9.40. The topological polar surface area (TPSA) is 7.68 Å². The molecular weight excluding hydrogens is 148 g/mol. The zero-order valence-electron chi connectivity index (χ0n) is 7.45. The Morgan fingerprint density at radius 3 is 2.10 bits per heavy atom. The minimum Gasteiger partial charge on any atom is -1.00 e. The van der Waals surface area contributed by atoms with Gasteiger partial charge < -0.3 is 22.2 Å². The van der Waals surface area contributed by atoms with Crippen LogP contribution in [0.1, 0.15) is 6.92 Å². The highest BCUT2D eigenvalue weighted by molar-refractivity contribution is 4.36. The van der Waals surface area contributed by atoms with E-state index in [0.29, 0.717) is 0 Å². The highest BCUT2D eigenvalue weighted by Crippen LogP contribution is 1.65. The van der Waals surface area contributed by atoms with Crippen LogP contribution in [0.15, 0.2) is 0 Å². The van der Waals surface area contributed by atoms with Crippen molar-refractivity contribution in [3.63, 3.8) is 0 Å². The molecule has 0 fully saturated rings. The van der Waals surface area contributed by atoms with E-state index in [1.165, 1.54) is 19.6 Å². The number of likely N-dealkylation sites (N-methyl/N-ethyl adjacent to an activating group) is 2. The fourth-order valence-electron chi connectivity index (χ4n) is 0.591. The lowest BCUT2D eigenvalue weighted by molar-refractivity contribution is -0.877. The molecule has 1 atom stereocenters. The van der Waals surface area contributed by atoms with Gasteiger partial charge in [0.15, 0.2) is 0 Å². The largest absolute Gasteiger partial charge is 1.00 e. The van der Waals surface area contributed by atoms with Gasteiger partial charge in [-0.3, -0.25) is 0 Å². The third-order valence-corrected chi connectivity index (χ3v) is 1.59. The Balaban J connectivity index is 0. The summed E-state index contributed by atoms with van der Waals surface area (Å²) in [6, 6.07) is 0. The molecule has 0 saturated heterocycles. The van der Waals surface area contributed by atoms with Crippen molar-refractivity contribution in [3.8, 4) is 0 Å². The van der Waals surface area contributed by atoms with Crippen LogP contribution in [0.25, 0.3) is 0 Å². The van der Waals surface area contributed by atoms with Gasteiger partial charge in [0.1, 0.15) is 0 Å². The lowest BCUT2D eigenvalue weighted by Gasteiger charge is -2.14. The molecule has 0 heterocycles. The third kappa shape index (κ3) is 8.21. The molecule has 0 radical (unpaired) electrons. The average Bonchev–Trinajstić information content (AvgIpc) is 1.83. The van der Waals surface area contributed by atoms with Crippen LogP contribution in [-0.2, 0) is 0 Å². The predicted octanol–water partition coefficient (Wildman–Crippen LogP) is -3.91. The number of rotatable bonds is 4. The quantitative estimate of drug-likeness (QED) is 0.449. The molecule has 0 rings (SSSR count). The first-order valence-electron chi connectivity index (χ1n) is 3.62. The molecule has 0 saturated carbocycles. The molecule has 3 heteroatoms. The Bertz CT molecular complexity index is 66.6. The molecular formula is C7H19ClN2. The molecule has 0 bridgehead atoms. The highest BCUT2D eigenvalue weighted by atomic mass is 35.5. The van der Waals surface area contributed by atoms with E-state index in [0.717, 1.165) is 0 Å². The zero-order valence-corrected chi connectivity index (χ0v) is 8.20. The summed E-state index contributed by atoms with van der Waals surface area (Å²) in [7, 11) is 6.45. The van der Waals surface area contributed by atoms with Gasteiger partial charge in [-0.1, -0.05) is 0 Å². The Morgan fingerprint density at radius 1 is 1.30 bits per heavy atom. The van der Waals surface area contributed by atoms with Gasteiger partial charge in [0, 0.05) is 6.54 Å².